The molecule has 2 heterocycles. The maximum absolute atomic E-state index is 12.8. The number of hydrogen-bond acceptors (Lipinski definition) is 7. The van der Waals surface area contributed by atoms with Crippen LogP contribution in [0.4, 0.5) is 16.2 Å². The Morgan fingerprint density at radius 2 is 1.56 bits per heavy atom. The summed E-state index contributed by atoms with van der Waals surface area (Å²) < 4.78 is 44.9. The number of nitrogens with one attached hydrogen (secondary N) is 3. The number of ether oxygens (including phenoxy) is 3. The number of benzene rings is 2. The van der Waals surface area contributed by atoms with E-state index in [1.807, 2.05) is 6.07 Å². The van der Waals surface area contributed by atoms with E-state index in [9.17, 15) is 18.0 Å². The summed E-state index contributed by atoms with van der Waals surface area (Å²) >= 11 is 0. The normalized spacial score (nSPS) is 24.5. The van der Waals surface area contributed by atoms with Crippen LogP contribution in [-0.2, 0) is 29.0 Å². The molecule has 2 fully saturated rings. The quantitative estimate of drug-likeness (QED) is 0.597. The highest BCUT2D eigenvalue weighted by Gasteiger charge is 2.50. The summed E-state index contributed by atoms with van der Waals surface area (Å²) in [6, 6.07) is 14.0. The maximum Gasteiger partial charge on any atom is 0.412 e. The van der Waals surface area contributed by atoms with E-state index in [-0.39, 0.29) is 24.0 Å². The fourth-order valence-corrected chi connectivity index (χ4v) is 4.89. The molecule has 0 aromatic heterocycles. The van der Waals surface area contributed by atoms with E-state index in [0.29, 0.717) is 11.4 Å². The average molecular weight is 461 g/mol. The number of fused-ring (bicyclic) bond motifs is 1. The van der Waals surface area contributed by atoms with Crippen LogP contribution < -0.4 is 15.4 Å². The highest BCUT2D eigenvalue weighted by molar-refractivity contribution is 7.89. The second kappa shape index (κ2) is 9.25. The van der Waals surface area contributed by atoms with Crippen LogP contribution in [0.5, 0.6) is 0 Å². The molecule has 0 bridgehead atoms. The van der Waals surface area contributed by atoms with Crippen LogP contribution in [0.1, 0.15) is 6.92 Å². The molecule has 2 aromatic carbocycles. The number of hydrogen-bond donors (Lipinski definition) is 3. The molecule has 4 atom stereocenters. The van der Waals surface area contributed by atoms with Gasteiger partial charge in [0.25, 0.3) is 0 Å². The molecule has 0 saturated carbocycles. The molecule has 2 aliphatic heterocycles. The minimum Gasteiger partial charge on any atom is -0.441 e. The second-order valence-corrected chi connectivity index (χ2v) is 9.18. The van der Waals surface area contributed by atoms with Gasteiger partial charge in [0.15, 0.2) is 6.10 Å². The predicted octanol–water partition coefficient (Wildman–Crippen LogP) is 1.71. The van der Waals surface area contributed by atoms with Crippen molar-refractivity contribution in [2.45, 2.75) is 36.2 Å². The molecule has 10 nitrogen and oxygen atoms in total. The van der Waals surface area contributed by atoms with E-state index in [2.05, 4.69) is 15.4 Å². The van der Waals surface area contributed by atoms with Gasteiger partial charge >= 0.3 is 6.09 Å². The van der Waals surface area contributed by atoms with Crippen molar-refractivity contribution >= 4 is 33.4 Å². The summed E-state index contributed by atoms with van der Waals surface area (Å²) in [6.45, 7) is 1.55. The van der Waals surface area contributed by atoms with E-state index < -0.39 is 40.5 Å². The summed E-state index contributed by atoms with van der Waals surface area (Å²) in [7, 11) is -3.85. The SMILES string of the molecule is CC(=O)Nc1ccc(S(=O)(=O)N[C@@H]2CO[C@@H]3[C@@H]2OC[C@H]3OC(=O)Nc2ccccc2)cc1. The topological polar surface area (TPSA) is 132 Å². The van der Waals surface area contributed by atoms with Crippen LogP contribution in [0.2, 0.25) is 0 Å². The Hall–Kier alpha value is -2.99. The van der Waals surface area contributed by atoms with Crippen molar-refractivity contribution in [2.24, 2.45) is 0 Å². The smallest absolute Gasteiger partial charge is 0.412 e. The van der Waals surface area contributed by atoms with Crippen molar-refractivity contribution < 1.29 is 32.2 Å². The third-order valence-corrected chi connectivity index (χ3v) is 6.58. The molecule has 3 N–H and O–H groups in total. The molecule has 2 amide bonds. The lowest BCUT2D eigenvalue weighted by Gasteiger charge is -2.18. The molecule has 0 spiro atoms. The Labute approximate surface area is 185 Å². The van der Waals surface area contributed by atoms with Crippen LogP contribution >= 0.6 is 0 Å². The lowest BCUT2D eigenvalue weighted by molar-refractivity contribution is -0.114. The number of rotatable bonds is 6. The minimum absolute atomic E-state index is 0.0445. The molecule has 2 aliphatic rings. The van der Waals surface area contributed by atoms with E-state index in [1.165, 1.54) is 31.2 Å². The van der Waals surface area contributed by atoms with E-state index in [4.69, 9.17) is 14.2 Å². The van der Waals surface area contributed by atoms with Gasteiger partial charge in [-0.3, -0.25) is 10.1 Å². The standard InChI is InChI=1S/C21H23N3O7S/c1-13(25)22-15-7-9-16(10-8-15)32(27,28)24-17-11-29-20-18(12-30-19(17)20)31-21(26)23-14-5-3-2-4-6-14/h2-10,17-20,24H,11-12H2,1H3,(H,22,25)(H,23,26)/t17-,18-,19-,20+/m1/s1. The maximum atomic E-state index is 12.8. The zero-order chi connectivity index (χ0) is 22.7. The van der Waals surface area contributed by atoms with E-state index in [0.717, 1.165) is 0 Å². The molecule has 170 valence electrons. The number of amides is 2. The first-order valence-electron chi connectivity index (χ1n) is 9.98. The first kappa shape index (κ1) is 22.2. The monoisotopic (exact) mass is 461 g/mol. The third-order valence-electron chi connectivity index (χ3n) is 5.08. The van der Waals surface area contributed by atoms with Crippen LogP contribution in [0, 0.1) is 0 Å². The van der Waals surface area contributed by atoms with Gasteiger partial charge in [0.2, 0.25) is 15.9 Å². The molecule has 11 heteroatoms. The van der Waals surface area contributed by atoms with Gasteiger partial charge in [-0.25, -0.2) is 17.9 Å². The predicted molar refractivity (Wildman–Crippen MR) is 115 cm³/mol. The second-order valence-electron chi connectivity index (χ2n) is 7.46. The zero-order valence-electron chi connectivity index (χ0n) is 17.2. The Balaban J connectivity index is 1.35. The van der Waals surface area contributed by atoms with E-state index >= 15 is 0 Å². The number of carbonyl (C=O) groups is 2. The highest BCUT2D eigenvalue weighted by atomic mass is 32.2. The minimum atomic E-state index is -3.85. The molecule has 2 saturated heterocycles. The molecule has 0 radical (unpaired) electrons. The number of para-hydroxylation sites is 1. The van der Waals surface area contributed by atoms with Crippen LogP contribution in [0.3, 0.4) is 0 Å². The van der Waals surface area contributed by atoms with Gasteiger partial charge < -0.3 is 19.5 Å². The molecular weight excluding hydrogens is 438 g/mol. The van der Waals surface area contributed by atoms with Crippen LogP contribution in [0.15, 0.2) is 59.5 Å². The lowest BCUT2D eigenvalue weighted by Crippen LogP contribution is -2.44. The number of carbonyl (C=O) groups excluding carboxylic acids is 2. The van der Waals surface area contributed by atoms with Gasteiger partial charge in [-0.1, -0.05) is 18.2 Å². The molecule has 0 aliphatic carbocycles. The number of anilines is 2. The average Bonchev–Trinajstić information content (AvgIpc) is 3.32. The zero-order valence-corrected chi connectivity index (χ0v) is 18.0. The van der Waals surface area contributed by atoms with Crippen LogP contribution in [-0.4, -0.2) is 58.0 Å². The van der Waals surface area contributed by atoms with Gasteiger partial charge in [-0.05, 0) is 36.4 Å². The summed E-state index contributed by atoms with van der Waals surface area (Å²) in [5.74, 6) is -0.250. The van der Waals surface area contributed by atoms with Crippen molar-refractivity contribution in [2.75, 3.05) is 23.8 Å². The summed E-state index contributed by atoms with van der Waals surface area (Å²) in [5, 5.41) is 5.21. The Morgan fingerprint density at radius 1 is 0.906 bits per heavy atom. The van der Waals surface area contributed by atoms with Crippen LogP contribution in [0.25, 0.3) is 0 Å². The molecule has 32 heavy (non-hydrogen) atoms. The largest absolute Gasteiger partial charge is 0.441 e. The van der Waals surface area contributed by atoms with Gasteiger partial charge in [-0.15, -0.1) is 0 Å². The van der Waals surface area contributed by atoms with Crippen molar-refractivity contribution in [1.82, 2.24) is 4.72 Å². The Morgan fingerprint density at radius 3 is 2.25 bits per heavy atom. The van der Waals surface area contributed by atoms with Gasteiger partial charge in [0.1, 0.15) is 12.2 Å². The van der Waals surface area contributed by atoms with Crippen molar-refractivity contribution in [3.05, 3.63) is 54.6 Å². The highest BCUT2D eigenvalue weighted by Crippen LogP contribution is 2.30. The molecule has 2 aromatic rings. The Kier molecular flexibility index (Phi) is 6.42. The lowest BCUT2D eigenvalue weighted by atomic mass is 10.1. The van der Waals surface area contributed by atoms with Gasteiger partial charge in [-0.2, -0.15) is 0 Å². The van der Waals surface area contributed by atoms with Gasteiger partial charge in [0, 0.05) is 18.3 Å². The summed E-state index contributed by atoms with van der Waals surface area (Å²) in [6.07, 6.45) is -2.46. The molecular formula is C21H23N3O7S. The number of sulfonamides is 1. The summed E-state index contributed by atoms with van der Waals surface area (Å²) in [4.78, 5) is 23.3. The van der Waals surface area contributed by atoms with Crippen molar-refractivity contribution in [1.29, 1.82) is 0 Å². The fraction of sp³-hybridized carbons (Fsp3) is 0.333. The first-order valence-corrected chi connectivity index (χ1v) is 11.5. The molecule has 4 rings (SSSR count). The van der Waals surface area contributed by atoms with Gasteiger partial charge in [0.05, 0.1) is 24.2 Å². The Bertz CT molecular complexity index is 1080. The summed E-state index contributed by atoms with van der Waals surface area (Å²) in [5.41, 5.74) is 1.09. The first-order chi connectivity index (χ1) is 15.3. The van der Waals surface area contributed by atoms with Crippen molar-refractivity contribution in [3.8, 4) is 0 Å². The fourth-order valence-electron chi connectivity index (χ4n) is 3.66. The van der Waals surface area contributed by atoms with E-state index in [1.54, 1.807) is 24.3 Å². The van der Waals surface area contributed by atoms with Crippen molar-refractivity contribution in [3.63, 3.8) is 0 Å². The third kappa shape index (κ3) is 5.07. The molecule has 0 unspecified atom stereocenters.